The molecule has 0 spiro atoms. The standard InChI is InChI=1S/C28H34F3N3O3/c1-36-20-4-5-26-23(13-20)22(19(16-32)17-33-26)3-2-6-28(18-35)7-9-34(10-8-28)11-12-37-21-14-24(29)27(31)25(30)15-21/h4-5,13-15,17,35H,2-3,6-12,16,18,32H2,1H3. The summed E-state index contributed by atoms with van der Waals surface area (Å²) in [5.74, 6) is -3.28. The van der Waals surface area contributed by atoms with Crippen molar-refractivity contribution >= 4 is 10.9 Å². The molecule has 3 N–H and O–H groups in total. The van der Waals surface area contributed by atoms with Crippen LogP contribution in [0.1, 0.15) is 36.8 Å². The molecule has 1 fully saturated rings. The number of fused-ring (bicyclic) bond motifs is 1. The molecule has 0 unspecified atom stereocenters. The minimum Gasteiger partial charge on any atom is -0.497 e. The molecule has 200 valence electrons. The zero-order valence-corrected chi connectivity index (χ0v) is 21.1. The van der Waals surface area contributed by atoms with Crippen LogP contribution < -0.4 is 15.2 Å². The summed E-state index contributed by atoms with van der Waals surface area (Å²) >= 11 is 0. The number of aromatic nitrogens is 1. The van der Waals surface area contributed by atoms with Crippen LogP contribution in [-0.4, -0.2) is 54.9 Å². The number of nitrogens with zero attached hydrogens (tertiary/aromatic N) is 2. The van der Waals surface area contributed by atoms with Gasteiger partial charge in [0.2, 0.25) is 0 Å². The zero-order valence-electron chi connectivity index (χ0n) is 21.1. The number of nitrogens with two attached hydrogens (primary N) is 1. The fourth-order valence-electron chi connectivity index (χ4n) is 5.15. The summed E-state index contributed by atoms with van der Waals surface area (Å²) < 4.78 is 50.7. The van der Waals surface area contributed by atoms with Gasteiger partial charge in [0.1, 0.15) is 18.1 Å². The minimum absolute atomic E-state index is 0.0313. The van der Waals surface area contributed by atoms with Crippen molar-refractivity contribution in [2.45, 2.75) is 38.6 Å². The fraction of sp³-hybridized carbons (Fsp3) is 0.464. The summed E-state index contributed by atoms with van der Waals surface area (Å²) in [6.45, 7) is 2.93. The van der Waals surface area contributed by atoms with Crippen molar-refractivity contribution in [3.8, 4) is 11.5 Å². The fourth-order valence-corrected chi connectivity index (χ4v) is 5.15. The Kier molecular flexibility index (Phi) is 8.89. The molecule has 0 aliphatic carbocycles. The van der Waals surface area contributed by atoms with Gasteiger partial charge >= 0.3 is 0 Å². The predicted octanol–water partition coefficient (Wildman–Crippen LogP) is 4.60. The van der Waals surface area contributed by atoms with E-state index >= 15 is 0 Å². The molecule has 1 saturated heterocycles. The normalized spacial score (nSPS) is 15.7. The van der Waals surface area contributed by atoms with E-state index in [9.17, 15) is 18.3 Å². The first-order valence-electron chi connectivity index (χ1n) is 12.6. The molecule has 6 nitrogen and oxygen atoms in total. The second kappa shape index (κ2) is 12.1. The summed E-state index contributed by atoms with van der Waals surface area (Å²) in [6, 6.07) is 7.56. The molecule has 2 aromatic carbocycles. The SMILES string of the molecule is COc1ccc2ncc(CN)c(CCCC3(CO)CCN(CCOc4cc(F)c(F)c(F)c4)CC3)c2c1. The molecule has 0 atom stereocenters. The molecule has 0 radical (unpaired) electrons. The van der Waals surface area contributed by atoms with Gasteiger partial charge in [0.15, 0.2) is 17.5 Å². The first kappa shape index (κ1) is 27.2. The average molecular weight is 518 g/mol. The summed E-state index contributed by atoms with van der Waals surface area (Å²) in [4.78, 5) is 6.74. The van der Waals surface area contributed by atoms with Crippen molar-refractivity contribution in [1.29, 1.82) is 0 Å². The van der Waals surface area contributed by atoms with E-state index in [4.69, 9.17) is 15.2 Å². The van der Waals surface area contributed by atoms with Gasteiger partial charge in [-0.3, -0.25) is 9.88 Å². The quantitative estimate of drug-likeness (QED) is 0.362. The Labute approximate surface area is 215 Å². The van der Waals surface area contributed by atoms with Crippen LogP contribution in [0.5, 0.6) is 11.5 Å². The number of aliphatic hydroxyl groups excluding tert-OH is 1. The highest BCUT2D eigenvalue weighted by atomic mass is 19.2. The molecule has 0 amide bonds. The van der Waals surface area contributed by atoms with Gasteiger partial charge in [-0.05, 0) is 79.9 Å². The molecule has 9 heteroatoms. The molecular formula is C28H34F3N3O3. The Morgan fingerprint density at radius 3 is 2.46 bits per heavy atom. The molecular weight excluding hydrogens is 483 g/mol. The molecule has 3 aromatic rings. The summed E-state index contributed by atoms with van der Waals surface area (Å²) in [6.07, 6.45) is 6.18. The van der Waals surface area contributed by atoms with Gasteiger partial charge in [0.25, 0.3) is 0 Å². The van der Waals surface area contributed by atoms with E-state index in [1.807, 2.05) is 24.4 Å². The highest BCUT2D eigenvalue weighted by Gasteiger charge is 2.33. The monoisotopic (exact) mass is 517 g/mol. The summed E-state index contributed by atoms with van der Waals surface area (Å²) in [7, 11) is 1.65. The van der Waals surface area contributed by atoms with Crippen LogP contribution in [0, 0.1) is 22.9 Å². The molecule has 2 heterocycles. The Morgan fingerprint density at radius 1 is 1.08 bits per heavy atom. The van der Waals surface area contributed by atoms with Crippen molar-refractivity contribution in [2.75, 3.05) is 40.0 Å². The number of hydrogen-bond acceptors (Lipinski definition) is 6. The van der Waals surface area contributed by atoms with Gasteiger partial charge < -0.3 is 20.3 Å². The van der Waals surface area contributed by atoms with Gasteiger partial charge in [-0.2, -0.15) is 0 Å². The number of piperidine rings is 1. The third-order valence-corrected chi connectivity index (χ3v) is 7.52. The van der Waals surface area contributed by atoms with E-state index in [0.717, 1.165) is 79.5 Å². The van der Waals surface area contributed by atoms with Crippen molar-refractivity contribution in [2.24, 2.45) is 11.1 Å². The number of halogens is 3. The Balaban J connectivity index is 1.31. The minimum atomic E-state index is -1.50. The van der Waals surface area contributed by atoms with E-state index in [0.29, 0.717) is 13.1 Å². The lowest BCUT2D eigenvalue weighted by molar-refractivity contribution is 0.0316. The number of methoxy groups -OCH3 is 1. The first-order chi connectivity index (χ1) is 17.9. The maximum atomic E-state index is 13.4. The Morgan fingerprint density at radius 2 is 1.81 bits per heavy atom. The van der Waals surface area contributed by atoms with Crippen molar-refractivity contribution < 1.29 is 27.8 Å². The number of rotatable bonds is 11. The van der Waals surface area contributed by atoms with Crippen LogP contribution in [0.2, 0.25) is 0 Å². The van der Waals surface area contributed by atoms with Crippen LogP contribution in [0.25, 0.3) is 10.9 Å². The van der Waals surface area contributed by atoms with Crippen molar-refractivity contribution in [3.63, 3.8) is 0 Å². The van der Waals surface area contributed by atoms with Crippen LogP contribution in [-0.2, 0) is 13.0 Å². The Hall–Kier alpha value is -2.88. The Bertz CT molecular complexity index is 1190. The van der Waals surface area contributed by atoms with Crippen molar-refractivity contribution in [3.05, 3.63) is 65.1 Å². The van der Waals surface area contributed by atoms with Gasteiger partial charge in [0.05, 0.1) is 12.6 Å². The number of benzene rings is 2. The molecule has 0 bridgehead atoms. The molecule has 1 aromatic heterocycles. The molecule has 1 aliphatic heterocycles. The largest absolute Gasteiger partial charge is 0.497 e. The number of aryl methyl sites for hydroxylation is 1. The van der Waals surface area contributed by atoms with E-state index < -0.39 is 17.5 Å². The van der Waals surface area contributed by atoms with E-state index in [1.54, 1.807) is 7.11 Å². The van der Waals surface area contributed by atoms with Gasteiger partial charge in [-0.15, -0.1) is 0 Å². The topological polar surface area (TPSA) is 80.8 Å². The maximum Gasteiger partial charge on any atom is 0.194 e. The highest BCUT2D eigenvalue weighted by molar-refractivity contribution is 5.84. The number of ether oxygens (including phenoxy) is 2. The molecule has 37 heavy (non-hydrogen) atoms. The highest BCUT2D eigenvalue weighted by Crippen LogP contribution is 2.37. The lowest BCUT2D eigenvalue weighted by atomic mass is 9.75. The van der Waals surface area contributed by atoms with Crippen LogP contribution in [0.3, 0.4) is 0 Å². The van der Waals surface area contributed by atoms with Gasteiger partial charge in [0, 0.05) is 43.4 Å². The summed E-state index contributed by atoms with van der Waals surface area (Å²) in [5.41, 5.74) is 8.98. The lowest BCUT2D eigenvalue weighted by Crippen LogP contribution is -2.43. The lowest BCUT2D eigenvalue weighted by Gasteiger charge is -2.41. The number of pyridine rings is 1. The second-order valence-electron chi connectivity index (χ2n) is 9.75. The van der Waals surface area contributed by atoms with Gasteiger partial charge in [-0.1, -0.05) is 0 Å². The van der Waals surface area contributed by atoms with E-state index in [-0.39, 0.29) is 24.4 Å². The van der Waals surface area contributed by atoms with E-state index in [1.165, 1.54) is 5.56 Å². The second-order valence-corrected chi connectivity index (χ2v) is 9.75. The maximum absolute atomic E-state index is 13.4. The number of hydrogen-bond donors (Lipinski definition) is 2. The van der Waals surface area contributed by atoms with Crippen molar-refractivity contribution in [1.82, 2.24) is 9.88 Å². The molecule has 4 rings (SSSR count). The molecule has 0 saturated carbocycles. The molecule has 1 aliphatic rings. The average Bonchev–Trinajstić information content (AvgIpc) is 2.92. The van der Waals surface area contributed by atoms with E-state index in [2.05, 4.69) is 9.88 Å². The van der Waals surface area contributed by atoms with Crippen LogP contribution in [0.4, 0.5) is 13.2 Å². The third kappa shape index (κ3) is 6.34. The summed E-state index contributed by atoms with van der Waals surface area (Å²) in [5, 5.41) is 11.3. The predicted molar refractivity (Wildman–Crippen MR) is 136 cm³/mol. The number of aliphatic hydroxyl groups is 1. The third-order valence-electron chi connectivity index (χ3n) is 7.52. The number of likely N-dealkylation sites (tertiary alicyclic amines) is 1. The van der Waals surface area contributed by atoms with Crippen LogP contribution in [0.15, 0.2) is 36.5 Å². The van der Waals surface area contributed by atoms with Gasteiger partial charge in [-0.25, -0.2) is 13.2 Å². The zero-order chi connectivity index (χ0) is 26.4. The van der Waals surface area contributed by atoms with Crippen LogP contribution >= 0.6 is 0 Å². The first-order valence-corrected chi connectivity index (χ1v) is 12.6. The smallest absolute Gasteiger partial charge is 0.194 e.